The third-order valence-electron chi connectivity index (χ3n) is 5.08. The van der Waals surface area contributed by atoms with Gasteiger partial charge in [0.05, 0.1) is 29.7 Å². The number of carbonyl (C=O) groups is 4. The maximum atomic E-state index is 13.2. The molecule has 7 heteroatoms. The van der Waals surface area contributed by atoms with Crippen LogP contribution >= 0.6 is 0 Å². The Balaban J connectivity index is 2.58. The minimum atomic E-state index is -1.00. The standard InChI is InChI=1S/C19H25NO6/c1-5-26-19(25)15-10(2)16(12(4)21)20(11(15)3)17(22)13-8-6-7-9-14(13)18(23)24/h13-14H,5-9H2,1-4H3,(H,23,24). The first kappa shape index (κ1) is 19.9. The first-order valence-corrected chi connectivity index (χ1v) is 8.89. The predicted octanol–water partition coefficient (Wildman–Crippen LogP) is 3.02. The number of aromatic nitrogens is 1. The molecule has 1 N–H and O–H groups in total. The summed E-state index contributed by atoms with van der Waals surface area (Å²) in [5.41, 5.74) is 1.05. The lowest BCUT2D eigenvalue weighted by Gasteiger charge is -2.28. The summed E-state index contributed by atoms with van der Waals surface area (Å²) in [5.74, 6) is -3.85. The van der Waals surface area contributed by atoms with E-state index in [-0.39, 0.29) is 23.6 Å². The molecule has 0 saturated heterocycles. The molecule has 7 nitrogen and oxygen atoms in total. The fourth-order valence-corrected chi connectivity index (χ4v) is 3.93. The molecule has 0 radical (unpaired) electrons. The van der Waals surface area contributed by atoms with Crippen LogP contribution in [0.15, 0.2) is 0 Å². The summed E-state index contributed by atoms with van der Waals surface area (Å²) < 4.78 is 6.29. The van der Waals surface area contributed by atoms with Crippen LogP contribution in [0, 0.1) is 25.7 Å². The van der Waals surface area contributed by atoms with Crippen molar-refractivity contribution in [1.82, 2.24) is 4.57 Å². The number of ether oxygens (including phenoxy) is 1. The van der Waals surface area contributed by atoms with Crippen LogP contribution in [0.4, 0.5) is 0 Å². The van der Waals surface area contributed by atoms with Crippen LogP contribution in [0.1, 0.15) is 76.4 Å². The van der Waals surface area contributed by atoms with Gasteiger partial charge in [-0.15, -0.1) is 0 Å². The van der Waals surface area contributed by atoms with Gasteiger partial charge in [0.15, 0.2) is 5.78 Å². The molecule has 0 amide bonds. The summed E-state index contributed by atoms with van der Waals surface area (Å²) in [6, 6.07) is 0. The summed E-state index contributed by atoms with van der Waals surface area (Å²) in [5, 5.41) is 9.47. The molecule has 1 saturated carbocycles. The molecule has 142 valence electrons. The molecule has 2 rings (SSSR count). The van der Waals surface area contributed by atoms with E-state index in [2.05, 4.69) is 0 Å². The van der Waals surface area contributed by atoms with Crippen LogP contribution in [-0.4, -0.2) is 39.9 Å². The second-order valence-electron chi connectivity index (χ2n) is 6.72. The average Bonchev–Trinajstić information content (AvgIpc) is 2.85. The SMILES string of the molecule is CCOC(=O)c1c(C)c(C(C)=O)n(C(=O)C2CCCCC2C(=O)O)c1C. The maximum absolute atomic E-state index is 13.2. The highest BCUT2D eigenvalue weighted by molar-refractivity contribution is 6.05. The van der Waals surface area contributed by atoms with Crippen molar-refractivity contribution in [3.05, 3.63) is 22.5 Å². The summed E-state index contributed by atoms with van der Waals surface area (Å²) in [7, 11) is 0. The zero-order chi connectivity index (χ0) is 19.6. The van der Waals surface area contributed by atoms with Gasteiger partial charge in [-0.25, -0.2) is 4.79 Å². The number of hydrogen-bond acceptors (Lipinski definition) is 5. The Kier molecular flexibility index (Phi) is 6.00. The highest BCUT2D eigenvalue weighted by Gasteiger charge is 2.39. The summed E-state index contributed by atoms with van der Waals surface area (Å²) in [6.07, 6.45) is 2.42. The Hall–Kier alpha value is -2.44. The quantitative estimate of drug-likeness (QED) is 0.637. The highest BCUT2D eigenvalue weighted by Crippen LogP contribution is 2.34. The third kappa shape index (κ3) is 3.43. The first-order chi connectivity index (χ1) is 12.2. The van der Waals surface area contributed by atoms with Gasteiger partial charge in [0, 0.05) is 12.6 Å². The average molecular weight is 363 g/mol. The molecule has 1 aromatic heterocycles. The number of rotatable bonds is 5. The van der Waals surface area contributed by atoms with Gasteiger partial charge in [-0.2, -0.15) is 0 Å². The number of Topliss-reactive ketones (excluding diaryl/α,β-unsaturated/α-hetero) is 1. The predicted molar refractivity (Wildman–Crippen MR) is 93.6 cm³/mol. The summed E-state index contributed by atoms with van der Waals surface area (Å²) >= 11 is 0. The smallest absolute Gasteiger partial charge is 0.340 e. The minimum Gasteiger partial charge on any atom is -0.481 e. The Morgan fingerprint density at radius 1 is 1.12 bits per heavy atom. The molecule has 1 aromatic rings. The number of aliphatic carboxylic acids is 1. The minimum absolute atomic E-state index is 0.130. The van der Waals surface area contributed by atoms with Crippen molar-refractivity contribution in [1.29, 1.82) is 0 Å². The van der Waals surface area contributed by atoms with Crippen molar-refractivity contribution in [2.24, 2.45) is 11.8 Å². The van der Waals surface area contributed by atoms with Crippen LogP contribution in [-0.2, 0) is 9.53 Å². The van der Waals surface area contributed by atoms with Crippen molar-refractivity contribution in [2.75, 3.05) is 6.61 Å². The van der Waals surface area contributed by atoms with E-state index in [1.165, 1.54) is 11.5 Å². The van der Waals surface area contributed by atoms with Gasteiger partial charge in [0.2, 0.25) is 5.91 Å². The molecule has 0 aromatic carbocycles. The zero-order valence-electron chi connectivity index (χ0n) is 15.6. The summed E-state index contributed by atoms with van der Waals surface area (Å²) in [4.78, 5) is 49.3. The monoisotopic (exact) mass is 363 g/mol. The third-order valence-corrected chi connectivity index (χ3v) is 5.08. The number of nitrogens with zero attached hydrogens (tertiary/aromatic N) is 1. The van der Waals surface area contributed by atoms with E-state index in [1.807, 2.05) is 0 Å². The first-order valence-electron chi connectivity index (χ1n) is 8.89. The molecular formula is C19H25NO6. The Labute approximate surface area is 152 Å². The number of carbonyl (C=O) groups excluding carboxylic acids is 3. The van der Waals surface area contributed by atoms with Crippen LogP contribution in [0.2, 0.25) is 0 Å². The second kappa shape index (κ2) is 7.85. The molecule has 1 fully saturated rings. The number of carboxylic acid groups (broad SMARTS) is 1. The van der Waals surface area contributed by atoms with Crippen molar-refractivity contribution in [3.8, 4) is 0 Å². The number of hydrogen-bond donors (Lipinski definition) is 1. The van der Waals surface area contributed by atoms with Gasteiger partial charge in [-0.3, -0.25) is 19.0 Å². The van der Waals surface area contributed by atoms with Crippen molar-refractivity contribution >= 4 is 23.6 Å². The van der Waals surface area contributed by atoms with Gasteiger partial charge in [0.1, 0.15) is 0 Å². The van der Waals surface area contributed by atoms with Crippen LogP contribution in [0.25, 0.3) is 0 Å². The molecule has 2 unspecified atom stereocenters. The van der Waals surface area contributed by atoms with E-state index in [1.54, 1.807) is 20.8 Å². The van der Waals surface area contributed by atoms with Crippen molar-refractivity contribution in [3.63, 3.8) is 0 Å². The second-order valence-corrected chi connectivity index (χ2v) is 6.72. The van der Waals surface area contributed by atoms with Crippen LogP contribution < -0.4 is 0 Å². The lowest BCUT2D eigenvalue weighted by atomic mass is 9.78. The maximum Gasteiger partial charge on any atom is 0.340 e. The largest absolute Gasteiger partial charge is 0.481 e. The topological polar surface area (TPSA) is 103 Å². The fourth-order valence-electron chi connectivity index (χ4n) is 3.93. The van der Waals surface area contributed by atoms with E-state index in [4.69, 9.17) is 4.74 Å². The molecular weight excluding hydrogens is 338 g/mol. The van der Waals surface area contributed by atoms with E-state index in [0.717, 1.165) is 12.8 Å². The van der Waals surface area contributed by atoms with Gasteiger partial charge in [-0.05, 0) is 39.2 Å². The molecule has 0 aliphatic heterocycles. The zero-order valence-corrected chi connectivity index (χ0v) is 15.6. The molecule has 0 spiro atoms. The number of esters is 1. The molecule has 0 bridgehead atoms. The number of ketones is 1. The highest BCUT2D eigenvalue weighted by atomic mass is 16.5. The normalized spacial score (nSPS) is 19.8. The lowest BCUT2D eigenvalue weighted by Crippen LogP contribution is -2.36. The van der Waals surface area contributed by atoms with E-state index in [9.17, 15) is 24.3 Å². The molecule has 1 heterocycles. The Bertz CT molecular complexity index is 761. The van der Waals surface area contributed by atoms with E-state index < -0.39 is 29.7 Å². The van der Waals surface area contributed by atoms with Crippen LogP contribution in [0.3, 0.4) is 0 Å². The Morgan fingerprint density at radius 3 is 2.19 bits per heavy atom. The van der Waals surface area contributed by atoms with Gasteiger partial charge < -0.3 is 9.84 Å². The van der Waals surface area contributed by atoms with Gasteiger partial charge in [-0.1, -0.05) is 12.8 Å². The lowest BCUT2D eigenvalue weighted by molar-refractivity contribution is -0.144. The molecule has 1 aliphatic rings. The fraction of sp³-hybridized carbons (Fsp3) is 0.579. The van der Waals surface area contributed by atoms with Crippen molar-refractivity contribution in [2.45, 2.75) is 53.4 Å². The molecule has 26 heavy (non-hydrogen) atoms. The Morgan fingerprint density at radius 2 is 1.69 bits per heavy atom. The van der Waals surface area contributed by atoms with Gasteiger partial charge in [0.25, 0.3) is 0 Å². The summed E-state index contributed by atoms with van der Waals surface area (Å²) in [6.45, 7) is 6.37. The number of carboxylic acids is 1. The molecule has 1 aliphatic carbocycles. The molecule has 2 atom stereocenters. The van der Waals surface area contributed by atoms with E-state index in [0.29, 0.717) is 24.1 Å². The van der Waals surface area contributed by atoms with E-state index >= 15 is 0 Å². The van der Waals surface area contributed by atoms with Gasteiger partial charge >= 0.3 is 11.9 Å². The van der Waals surface area contributed by atoms with Crippen LogP contribution in [0.5, 0.6) is 0 Å². The van der Waals surface area contributed by atoms with Crippen molar-refractivity contribution < 1.29 is 29.0 Å².